The van der Waals surface area contributed by atoms with Crippen molar-refractivity contribution in [2.45, 2.75) is 287 Å². The Morgan fingerprint density at radius 3 is 0.985 bits per heavy atom. The molecule has 0 amide bonds. The van der Waals surface area contributed by atoms with Gasteiger partial charge in [-0.1, -0.05) is 293 Å². The number of fused-ring (bicyclic) bond motifs is 12. The van der Waals surface area contributed by atoms with Crippen molar-refractivity contribution in [3.05, 3.63) is 333 Å². The molecule has 2 atom stereocenters. The summed E-state index contributed by atoms with van der Waals surface area (Å²) >= 11 is 9.98. The average Bonchev–Trinajstić information content (AvgIpc) is 1.48. The Labute approximate surface area is 829 Å². The molecule has 0 aliphatic heterocycles. The maximum atomic E-state index is 18.9. The number of ketones is 2. The second kappa shape index (κ2) is 42.4. The number of nitrogens with zero attached hydrogens (tertiary/aromatic N) is 4. The fraction of sp³-hybridized carbons (Fsp3) is 0.377. The largest absolute Gasteiger partial charge is 0.289 e. The standard InChI is InChI=1S/C122H124F2N4O2S6/c1-15-23-29-33-39-79-43-51-83(52-44-79)121(84-53-45-80(46-54-84)40-34-30-24-16-2)95-67-87(65-93-105(99(71-125)127-13)89-59-73(9)75(11)61-91(89)113(93)129)131-115(95)119-111(121)109-107(103-69-97(123)101(133-103)63-77(21-7)37-27-19-5)118-110(108(117(109)135-119)104-70-98(124)102(134-104)64-78(22-8)38-28-20-6)112-120(136-118)116-96(68-88(132-116)66-94-106(100(72-126)128-14)90-60-74(10)76(12)62-92(90)114(94)130)122(112,85-55-47-81(48-56-85)41-35-31-25-17-3)86-57-49-82(50-58-86)42-36-32-26-18-4/h43-62,65-70,77-78H,15-42,63-64H2,1-12H3/b93-65-,94-66-,105-99-,106-100+. The maximum Gasteiger partial charge on any atom is 0.270 e. The number of hydrogen-bond donors (Lipinski definition) is 0. The van der Waals surface area contributed by atoms with Gasteiger partial charge in [0.25, 0.3) is 11.4 Å². The molecule has 136 heavy (non-hydrogen) atoms. The quantitative estimate of drug-likeness (QED) is 0.0166. The van der Waals surface area contributed by atoms with Gasteiger partial charge in [-0.2, -0.15) is 0 Å². The summed E-state index contributed by atoms with van der Waals surface area (Å²) in [5.41, 5.74) is 19.9. The Morgan fingerprint density at radius 1 is 0.390 bits per heavy atom. The average molecular weight is 1910 g/mol. The predicted molar refractivity (Wildman–Crippen MR) is 574 cm³/mol. The van der Waals surface area contributed by atoms with E-state index in [1.165, 1.54) is 22.3 Å². The van der Waals surface area contributed by atoms with Crippen LogP contribution in [0.3, 0.4) is 0 Å². The first-order chi connectivity index (χ1) is 66.2. The van der Waals surface area contributed by atoms with Gasteiger partial charge < -0.3 is 0 Å². The van der Waals surface area contributed by atoms with Crippen LogP contribution in [0.5, 0.6) is 0 Å². The number of nitriles is 2. The molecule has 6 nitrogen and oxygen atoms in total. The first kappa shape index (κ1) is 97.0. The van der Waals surface area contributed by atoms with Crippen LogP contribution in [0.25, 0.3) is 93.6 Å². The number of unbranched alkanes of at least 4 members (excludes halogenated alkanes) is 14. The third-order valence-electron chi connectivity index (χ3n) is 29.9. The summed E-state index contributed by atoms with van der Waals surface area (Å²) in [7, 11) is 0. The summed E-state index contributed by atoms with van der Waals surface area (Å²) in [5, 5.41) is 24.0. The second-order valence-electron chi connectivity index (χ2n) is 38.7. The molecule has 0 radical (unpaired) electrons. The molecule has 0 saturated carbocycles. The summed E-state index contributed by atoms with van der Waals surface area (Å²) in [6, 6.07) is 58.4. The molecule has 0 fully saturated rings. The van der Waals surface area contributed by atoms with E-state index in [2.05, 4.69) is 186 Å². The molecular weight excluding hydrogens is 1780 g/mol. The minimum atomic E-state index is -1.14. The lowest BCUT2D eigenvalue weighted by Crippen LogP contribution is -2.29. The van der Waals surface area contributed by atoms with E-state index in [1.54, 1.807) is 68.0 Å². The molecule has 6 aromatic heterocycles. The Bertz CT molecular complexity index is 6500. The zero-order valence-corrected chi connectivity index (χ0v) is 86.1. The van der Waals surface area contributed by atoms with Crippen LogP contribution in [0.4, 0.5) is 8.78 Å². The number of allylic oxidation sites excluding steroid dienone is 6. The number of carbonyl (C=O) groups excluding carboxylic acids is 2. The smallest absolute Gasteiger partial charge is 0.270 e. The number of aryl methyl sites for hydroxylation is 8. The van der Waals surface area contributed by atoms with Gasteiger partial charge in [0.15, 0.2) is 11.6 Å². The SMILES string of the molecule is [C-]#[N+]/C(C#N)=C1\C(=C\c2cc3c(s2)-c2sc4c(-c5cc(F)c(CC(CC)CCCC)s5)c5c6c(sc5c(-c5cc(F)c(CC(CC)CCCC)s5)c4c2C3(c2ccc(CCCCCC)cc2)c2ccc(CCCCCC)cc2)-c2sc(/C=C3\C(=O)c4cc(C)c(C)cc4\C3=C(\C#N)[N+]#[C-])cc2C6(c2ccc(CCCCCC)cc2)c2ccc(CCCCCC)cc2)C(=O)c2cc(C)c(C)cc21. The molecule has 2 unspecified atom stereocenters. The Balaban J connectivity index is 1.07. The topological polar surface area (TPSA) is 90.4 Å². The Morgan fingerprint density at radius 2 is 0.699 bits per heavy atom. The lowest BCUT2D eigenvalue weighted by Gasteiger charge is -2.35. The number of hydrogen-bond acceptors (Lipinski definition) is 10. The van der Waals surface area contributed by atoms with Gasteiger partial charge in [0.05, 0.1) is 55.6 Å². The first-order valence-corrected chi connectivity index (χ1v) is 55.3. The fourth-order valence-corrected chi connectivity index (χ4v) is 30.1. The molecule has 0 bridgehead atoms. The number of carbonyl (C=O) groups is 2. The Hall–Kier alpha value is -10.6. The molecule has 4 aliphatic carbocycles. The van der Waals surface area contributed by atoms with Gasteiger partial charge in [0.2, 0.25) is 0 Å². The third-order valence-corrected chi connectivity index (χ3v) is 37.1. The van der Waals surface area contributed by atoms with E-state index in [1.807, 2.05) is 76.2 Å². The van der Waals surface area contributed by atoms with Crippen molar-refractivity contribution >= 4 is 123 Å². The van der Waals surface area contributed by atoms with Crippen LogP contribution < -0.4 is 0 Å². The second-order valence-corrected chi connectivity index (χ2v) is 45.2. The summed E-state index contributed by atoms with van der Waals surface area (Å²) in [5.74, 6) is -0.436. The van der Waals surface area contributed by atoms with Crippen LogP contribution in [0.15, 0.2) is 168 Å². The molecule has 7 aromatic carbocycles. The van der Waals surface area contributed by atoms with Crippen molar-refractivity contribution in [3.8, 4) is 52.5 Å². The van der Waals surface area contributed by atoms with E-state index in [0.717, 1.165) is 327 Å². The van der Waals surface area contributed by atoms with Gasteiger partial charge in [-0.25, -0.2) is 29.0 Å². The molecule has 13 aromatic rings. The third kappa shape index (κ3) is 17.9. The lowest BCUT2D eigenvalue weighted by atomic mass is 9.66. The van der Waals surface area contributed by atoms with Crippen LogP contribution in [0, 0.1) is 87.0 Å². The molecule has 0 saturated heterocycles. The van der Waals surface area contributed by atoms with Gasteiger partial charge in [-0.15, -0.1) is 68.0 Å². The van der Waals surface area contributed by atoms with E-state index in [4.69, 9.17) is 13.1 Å². The number of benzene rings is 7. The highest BCUT2D eigenvalue weighted by molar-refractivity contribution is 7.30. The highest BCUT2D eigenvalue weighted by Crippen LogP contribution is 2.71. The number of rotatable bonds is 40. The van der Waals surface area contributed by atoms with E-state index in [0.29, 0.717) is 57.4 Å². The van der Waals surface area contributed by atoms with Crippen LogP contribution in [0.1, 0.15) is 350 Å². The zero-order chi connectivity index (χ0) is 95.4. The zero-order valence-electron chi connectivity index (χ0n) is 81.2. The first-order valence-electron chi connectivity index (χ1n) is 50.4. The molecule has 17 rings (SSSR count). The molecule has 4 aliphatic rings. The molecule has 6 heterocycles. The predicted octanol–water partition coefficient (Wildman–Crippen LogP) is 36.8. The monoisotopic (exact) mass is 1910 g/mol. The van der Waals surface area contributed by atoms with E-state index < -0.39 is 10.8 Å². The van der Waals surface area contributed by atoms with Crippen LogP contribution in [0.2, 0.25) is 0 Å². The highest BCUT2D eigenvalue weighted by Gasteiger charge is 2.55. The van der Waals surface area contributed by atoms with Crippen molar-refractivity contribution in [1.82, 2.24) is 0 Å². The number of Topliss-reactive ketones (excluding diaryl/α,β-unsaturated/α-hetero) is 2. The highest BCUT2D eigenvalue weighted by atomic mass is 32.1. The molecule has 694 valence electrons. The van der Waals surface area contributed by atoms with Crippen molar-refractivity contribution in [3.63, 3.8) is 0 Å². The Kier molecular flexibility index (Phi) is 30.2. The van der Waals surface area contributed by atoms with Crippen molar-refractivity contribution in [1.29, 1.82) is 10.5 Å². The summed E-state index contributed by atoms with van der Waals surface area (Å²) in [6.07, 6.45) is 34.5. The van der Waals surface area contributed by atoms with Gasteiger partial charge in [-0.3, -0.25) is 9.59 Å². The minimum Gasteiger partial charge on any atom is -0.289 e. The van der Waals surface area contributed by atoms with Gasteiger partial charge >= 0.3 is 0 Å². The molecule has 0 N–H and O–H groups in total. The van der Waals surface area contributed by atoms with Crippen LogP contribution in [-0.2, 0) is 49.4 Å². The van der Waals surface area contributed by atoms with E-state index in [9.17, 15) is 10.5 Å². The minimum absolute atomic E-state index is 0.140. The van der Waals surface area contributed by atoms with Crippen LogP contribution in [-0.4, -0.2) is 11.6 Å². The normalized spacial score (nSPS) is 15.5. The summed E-state index contributed by atoms with van der Waals surface area (Å²) in [6.45, 7) is 43.1. The maximum absolute atomic E-state index is 18.9. The van der Waals surface area contributed by atoms with Gasteiger partial charge in [0.1, 0.15) is 11.6 Å². The van der Waals surface area contributed by atoms with Crippen molar-refractivity contribution in [2.24, 2.45) is 11.8 Å². The molecule has 0 spiro atoms. The van der Waals surface area contributed by atoms with Gasteiger partial charge in [-0.05, 0) is 252 Å². The van der Waals surface area contributed by atoms with Crippen molar-refractivity contribution in [2.75, 3.05) is 0 Å². The number of thiophene rings is 6. The fourth-order valence-electron chi connectivity index (χ4n) is 22.1. The summed E-state index contributed by atoms with van der Waals surface area (Å²) in [4.78, 5) is 47.7. The molecule has 14 heteroatoms. The lowest BCUT2D eigenvalue weighted by molar-refractivity contribution is 0.103. The van der Waals surface area contributed by atoms with E-state index in [-0.39, 0.29) is 46.4 Å². The van der Waals surface area contributed by atoms with Crippen LogP contribution >= 0.6 is 68.0 Å². The summed E-state index contributed by atoms with van der Waals surface area (Å²) < 4.78 is 39.8. The van der Waals surface area contributed by atoms with Crippen molar-refractivity contribution < 1.29 is 18.4 Å². The number of halogens is 2. The van der Waals surface area contributed by atoms with Gasteiger partial charge in [0, 0.05) is 94.0 Å². The molecular formula is C122H124F2N4O2S6. The van der Waals surface area contributed by atoms with E-state index >= 15 is 18.4 Å².